The molecule has 0 amide bonds. The first kappa shape index (κ1) is 15.9. The zero-order valence-electron chi connectivity index (χ0n) is 10.9. The SMILES string of the molecule is CCOP(=O)(OCC)OC/C=C/C(C)(C)C. The van der Waals surface area contributed by atoms with Gasteiger partial charge in [0.1, 0.15) is 0 Å². The van der Waals surface area contributed by atoms with Gasteiger partial charge in [0.05, 0.1) is 19.8 Å². The van der Waals surface area contributed by atoms with Crippen LogP contribution in [0.5, 0.6) is 0 Å². The van der Waals surface area contributed by atoms with E-state index in [4.69, 9.17) is 13.6 Å². The molecule has 0 aliphatic heterocycles. The Kier molecular flexibility index (Phi) is 7.16. The average molecular weight is 250 g/mol. The van der Waals surface area contributed by atoms with E-state index in [1.165, 1.54) is 0 Å². The molecule has 0 bridgehead atoms. The second kappa shape index (κ2) is 7.23. The molecule has 4 nitrogen and oxygen atoms in total. The molecular formula is C11H23O4P. The first-order valence-corrected chi connectivity index (χ1v) is 7.00. The van der Waals surface area contributed by atoms with Crippen molar-refractivity contribution in [2.75, 3.05) is 19.8 Å². The van der Waals surface area contributed by atoms with E-state index in [2.05, 4.69) is 20.8 Å². The minimum atomic E-state index is -3.35. The number of rotatable bonds is 7. The van der Waals surface area contributed by atoms with Crippen molar-refractivity contribution >= 4 is 7.82 Å². The normalized spacial score (nSPS) is 13.6. The van der Waals surface area contributed by atoms with Crippen LogP contribution in [0.2, 0.25) is 0 Å². The number of phosphoric ester groups is 1. The van der Waals surface area contributed by atoms with Gasteiger partial charge in [0.15, 0.2) is 0 Å². The van der Waals surface area contributed by atoms with Gasteiger partial charge >= 0.3 is 7.82 Å². The largest absolute Gasteiger partial charge is 0.475 e. The monoisotopic (exact) mass is 250 g/mol. The summed E-state index contributed by atoms with van der Waals surface area (Å²) in [6.45, 7) is 10.6. The van der Waals surface area contributed by atoms with Gasteiger partial charge in [-0.15, -0.1) is 0 Å². The van der Waals surface area contributed by atoms with Gasteiger partial charge in [-0.25, -0.2) is 4.57 Å². The summed E-state index contributed by atoms with van der Waals surface area (Å²) in [5.41, 5.74) is 0.0879. The molecule has 5 heteroatoms. The first-order chi connectivity index (χ1) is 7.33. The average Bonchev–Trinajstić information content (AvgIpc) is 2.12. The van der Waals surface area contributed by atoms with E-state index in [1.54, 1.807) is 13.8 Å². The summed E-state index contributed by atoms with van der Waals surface area (Å²) in [6.07, 6.45) is 3.82. The molecule has 0 aromatic rings. The molecule has 16 heavy (non-hydrogen) atoms. The highest BCUT2D eigenvalue weighted by Crippen LogP contribution is 2.49. The van der Waals surface area contributed by atoms with Crippen LogP contribution in [0, 0.1) is 5.41 Å². The molecule has 0 heterocycles. The third-order valence-electron chi connectivity index (χ3n) is 1.52. The third-order valence-corrected chi connectivity index (χ3v) is 3.14. The van der Waals surface area contributed by atoms with E-state index in [1.807, 2.05) is 12.2 Å². The van der Waals surface area contributed by atoms with Crippen LogP contribution < -0.4 is 0 Å². The number of phosphoric acid groups is 1. The maximum Gasteiger partial charge on any atom is 0.475 e. The lowest BCUT2D eigenvalue weighted by molar-refractivity contribution is 0.131. The minimum Gasteiger partial charge on any atom is -0.287 e. The summed E-state index contributed by atoms with van der Waals surface area (Å²) in [6, 6.07) is 0. The smallest absolute Gasteiger partial charge is 0.287 e. The number of hydrogen-bond acceptors (Lipinski definition) is 4. The molecular weight excluding hydrogens is 227 g/mol. The van der Waals surface area contributed by atoms with Crippen molar-refractivity contribution < 1.29 is 18.1 Å². The van der Waals surface area contributed by atoms with E-state index in [0.29, 0.717) is 13.2 Å². The highest BCUT2D eigenvalue weighted by atomic mass is 31.2. The lowest BCUT2D eigenvalue weighted by Crippen LogP contribution is -2.02. The Morgan fingerprint density at radius 2 is 1.56 bits per heavy atom. The van der Waals surface area contributed by atoms with Gasteiger partial charge in [0.2, 0.25) is 0 Å². The van der Waals surface area contributed by atoms with Gasteiger partial charge in [-0.05, 0) is 19.3 Å². The van der Waals surface area contributed by atoms with Crippen LogP contribution in [-0.4, -0.2) is 19.8 Å². The molecule has 0 radical (unpaired) electrons. The number of allylic oxidation sites excluding steroid dienone is 1. The summed E-state index contributed by atoms with van der Waals surface area (Å²) in [5.74, 6) is 0. The van der Waals surface area contributed by atoms with Crippen molar-refractivity contribution in [3.8, 4) is 0 Å². The maximum absolute atomic E-state index is 11.8. The van der Waals surface area contributed by atoms with Crippen molar-refractivity contribution in [1.82, 2.24) is 0 Å². The second-order valence-electron chi connectivity index (χ2n) is 4.35. The van der Waals surface area contributed by atoms with Crippen LogP contribution in [0.1, 0.15) is 34.6 Å². The lowest BCUT2D eigenvalue weighted by Gasteiger charge is -2.16. The molecule has 0 atom stereocenters. The van der Waals surface area contributed by atoms with Crippen LogP contribution >= 0.6 is 7.82 Å². The maximum atomic E-state index is 11.8. The van der Waals surface area contributed by atoms with Gasteiger partial charge in [-0.2, -0.15) is 0 Å². The van der Waals surface area contributed by atoms with Crippen molar-refractivity contribution in [3.63, 3.8) is 0 Å². The lowest BCUT2D eigenvalue weighted by atomic mass is 9.97. The molecule has 0 saturated heterocycles. The topological polar surface area (TPSA) is 44.8 Å². The Morgan fingerprint density at radius 1 is 1.06 bits per heavy atom. The predicted molar refractivity (Wildman–Crippen MR) is 65.4 cm³/mol. The summed E-state index contributed by atoms with van der Waals surface area (Å²) < 4.78 is 26.9. The molecule has 96 valence electrons. The van der Waals surface area contributed by atoms with Crippen molar-refractivity contribution in [2.45, 2.75) is 34.6 Å². The Labute approximate surface area is 98.6 Å². The fourth-order valence-electron chi connectivity index (χ4n) is 0.964. The molecule has 0 aliphatic carbocycles. The van der Waals surface area contributed by atoms with Gasteiger partial charge in [-0.3, -0.25) is 13.6 Å². The third kappa shape index (κ3) is 8.05. The van der Waals surface area contributed by atoms with Crippen LogP contribution in [0.25, 0.3) is 0 Å². The standard InChI is InChI=1S/C11H23O4P/c1-6-13-16(12,14-7-2)15-10-8-9-11(3,4)5/h8-9H,6-7,10H2,1-5H3/b9-8+. The summed E-state index contributed by atoms with van der Waals surface area (Å²) in [4.78, 5) is 0. The van der Waals surface area contributed by atoms with Gasteiger partial charge < -0.3 is 0 Å². The Hall–Kier alpha value is -0.150. The fraction of sp³-hybridized carbons (Fsp3) is 0.818. The Bertz CT molecular complexity index is 245. The molecule has 0 aliphatic rings. The zero-order chi connectivity index (χ0) is 12.7. The molecule has 0 aromatic carbocycles. The van der Waals surface area contributed by atoms with Gasteiger partial charge in [0, 0.05) is 0 Å². The molecule has 0 fully saturated rings. The predicted octanol–water partition coefficient (Wildman–Crippen LogP) is 3.79. The van der Waals surface area contributed by atoms with Crippen LogP contribution in [-0.2, 0) is 18.1 Å². The summed E-state index contributed by atoms with van der Waals surface area (Å²) in [7, 11) is -3.35. The van der Waals surface area contributed by atoms with E-state index in [-0.39, 0.29) is 12.0 Å². The fourth-order valence-corrected chi connectivity index (χ4v) is 2.09. The second-order valence-corrected chi connectivity index (χ2v) is 6.02. The summed E-state index contributed by atoms with van der Waals surface area (Å²) in [5, 5.41) is 0. The van der Waals surface area contributed by atoms with Crippen molar-refractivity contribution in [2.24, 2.45) is 5.41 Å². The van der Waals surface area contributed by atoms with Crippen LogP contribution in [0.3, 0.4) is 0 Å². The van der Waals surface area contributed by atoms with Gasteiger partial charge in [-0.1, -0.05) is 32.9 Å². The molecule has 0 N–H and O–H groups in total. The van der Waals surface area contributed by atoms with Gasteiger partial charge in [0.25, 0.3) is 0 Å². The molecule has 0 unspecified atom stereocenters. The highest BCUT2D eigenvalue weighted by Gasteiger charge is 2.24. The quantitative estimate of drug-likeness (QED) is 0.509. The van der Waals surface area contributed by atoms with E-state index >= 15 is 0 Å². The summed E-state index contributed by atoms with van der Waals surface area (Å²) >= 11 is 0. The van der Waals surface area contributed by atoms with Crippen molar-refractivity contribution in [1.29, 1.82) is 0 Å². The van der Waals surface area contributed by atoms with E-state index in [0.717, 1.165) is 0 Å². The minimum absolute atomic E-state index is 0.0879. The Balaban J connectivity index is 4.13. The molecule has 0 spiro atoms. The zero-order valence-corrected chi connectivity index (χ0v) is 11.8. The molecule has 0 saturated carbocycles. The number of hydrogen-bond donors (Lipinski definition) is 0. The highest BCUT2D eigenvalue weighted by molar-refractivity contribution is 7.48. The molecule has 0 rings (SSSR count). The van der Waals surface area contributed by atoms with Crippen LogP contribution in [0.4, 0.5) is 0 Å². The Morgan fingerprint density at radius 3 is 1.94 bits per heavy atom. The first-order valence-electron chi connectivity index (χ1n) is 5.54. The molecule has 0 aromatic heterocycles. The van der Waals surface area contributed by atoms with Crippen LogP contribution in [0.15, 0.2) is 12.2 Å². The van der Waals surface area contributed by atoms with E-state index < -0.39 is 7.82 Å². The van der Waals surface area contributed by atoms with Crippen molar-refractivity contribution in [3.05, 3.63) is 12.2 Å². The van der Waals surface area contributed by atoms with E-state index in [9.17, 15) is 4.57 Å².